The van der Waals surface area contributed by atoms with Gasteiger partial charge in [0.15, 0.2) is 0 Å². The number of rotatable bonds is 3. The second-order valence-electron chi connectivity index (χ2n) is 2.97. The summed E-state index contributed by atoms with van der Waals surface area (Å²) in [6.45, 7) is 4.42. The van der Waals surface area contributed by atoms with Crippen molar-refractivity contribution in [2.24, 2.45) is 0 Å². The molecule has 0 atom stereocenters. The third kappa shape index (κ3) is 13.9. The summed E-state index contributed by atoms with van der Waals surface area (Å²) in [6, 6.07) is 10.6. The fourth-order valence-electron chi connectivity index (χ4n) is 1.07. The maximum atomic E-state index is 2.22. The molecule has 0 fully saturated rings. The van der Waals surface area contributed by atoms with Gasteiger partial charge < -0.3 is 5.92 Å². The molecule has 0 aliphatic heterocycles. The van der Waals surface area contributed by atoms with Crippen LogP contribution < -0.4 is 0 Å². The second-order valence-corrected chi connectivity index (χ2v) is 2.97. The molecule has 1 aromatic rings. The van der Waals surface area contributed by atoms with Gasteiger partial charge in [-0.2, -0.15) is 19.8 Å². The van der Waals surface area contributed by atoms with Crippen molar-refractivity contribution in [1.82, 2.24) is 0 Å². The van der Waals surface area contributed by atoms with Crippen molar-refractivity contribution < 1.29 is 131 Å². The van der Waals surface area contributed by atoms with E-state index < -0.39 is 0 Å². The van der Waals surface area contributed by atoms with E-state index in [0.717, 1.165) is 6.42 Å². The van der Waals surface area contributed by atoms with Crippen LogP contribution in [-0.2, 0) is 137 Å². The molecule has 4 heteroatoms. The Labute approximate surface area is 195 Å². The summed E-state index contributed by atoms with van der Waals surface area (Å²) in [7, 11) is 0. The predicted octanol–water partition coefficient (Wildman–Crippen LogP) is 3.22. The van der Waals surface area contributed by atoms with Crippen LogP contribution >= 0.6 is 0 Å². The summed E-state index contributed by atoms with van der Waals surface area (Å²) in [6.07, 6.45) is 2.33. The molecule has 0 spiro atoms. The summed E-state index contributed by atoms with van der Waals surface area (Å²) in [5, 5.41) is 0. The van der Waals surface area contributed by atoms with Crippen LogP contribution in [0.3, 0.4) is 0 Å². The van der Waals surface area contributed by atoms with Crippen LogP contribution in [0.5, 0.6) is 0 Å². The molecule has 72 valence electrons. The predicted molar refractivity (Wildman–Crippen MR) is 49.4 cm³/mol. The van der Waals surface area contributed by atoms with Gasteiger partial charge in [0, 0.05) is 131 Å². The Bertz CT molecular complexity index is 201. The molecule has 0 saturated carbocycles. The molecule has 0 amide bonds. The summed E-state index contributed by atoms with van der Waals surface area (Å²) in [4.78, 5) is 0. The van der Waals surface area contributed by atoms with Crippen LogP contribution in [-0.4, -0.2) is 0 Å². The minimum Gasteiger partial charge on any atom is -0.313 e. The van der Waals surface area contributed by atoms with Gasteiger partial charge in [0.2, 0.25) is 0 Å². The Morgan fingerprint density at radius 1 is 0.933 bits per heavy atom. The zero-order valence-corrected chi connectivity index (χ0v) is 21.0. The van der Waals surface area contributed by atoms with Gasteiger partial charge in [-0.05, 0) is 0 Å². The van der Waals surface area contributed by atoms with E-state index in [9.17, 15) is 0 Å². The molecule has 15 heavy (non-hydrogen) atoms. The Morgan fingerprint density at radius 2 is 1.40 bits per heavy atom. The van der Waals surface area contributed by atoms with E-state index >= 15 is 0 Å². The van der Waals surface area contributed by atoms with Gasteiger partial charge in [-0.25, -0.2) is 0 Å². The molecule has 0 unspecified atom stereocenters. The van der Waals surface area contributed by atoms with Gasteiger partial charge in [-0.1, -0.05) is 42.8 Å². The molecule has 0 bridgehead atoms. The van der Waals surface area contributed by atoms with Crippen LogP contribution in [0, 0.1) is 5.92 Å². The third-order valence-electron chi connectivity index (χ3n) is 1.95. The fourth-order valence-corrected chi connectivity index (χ4v) is 1.07. The first-order valence-electron chi connectivity index (χ1n) is 4.18. The van der Waals surface area contributed by atoms with E-state index in [2.05, 4.69) is 44.2 Å². The number of benzene rings is 1. The Kier molecular flexibility index (Phi) is 31.8. The maximum Gasteiger partial charge on any atom is 0 e. The Balaban J connectivity index is -0.000000151. The van der Waals surface area contributed by atoms with Crippen molar-refractivity contribution in [2.75, 3.05) is 0 Å². The zero-order chi connectivity index (χ0) is 8.10. The molecule has 0 aliphatic rings. The van der Waals surface area contributed by atoms with E-state index in [1.165, 1.54) is 12.0 Å². The van der Waals surface area contributed by atoms with Crippen molar-refractivity contribution in [3.63, 3.8) is 0 Å². The van der Waals surface area contributed by atoms with Crippen molar-refractivity contribution >= 4 is 0 Å². The maximum absolute atomic E-state index is 2.22. The monoisotopic (exact) mass is 503 g/mol. The first kappa shape index (κ1) is 27.1. The molecular formula is C11H15Y4-. The minimum atomic E-state index is 0. The fraction of sp³-hybridized carbons (Fsp3) is 0.364. The quantitative estimate of drug-likeness (QED) is 0.557. The van der Waals surface area contributed by atoms with Crippen LogP contribution in [0.15, 0.2) is 30.3 Å². The largest absolute Gasteiger partial charge is 0.313 e. The zero-order valence-electron chi connectivity index (χ0n) is 9.61. The SMILES string of the molecule is CC[C-](C)Cc1ccccc1.[Y].[Y].[Y].[Y]. The molecule has 0 aliphatic carbocycles. The first-order chi connectivity index (χ1) is 5.33. The molecule has 1 rings (SSSR count). The minimum absolute atomic E-state index is 0. The third-order valence-corrected chi connectivity index (χ3v) is 1.95. The molecule has 0 nitrogen and oxygen atoms in total. The summed E-state index contributed by atoms with van der Waals surface area (Å²) in [5.74, 6) is 1.55. The van der Waals surface area contributed by atoms with Crippen molar-refractivity contribution in [3.8, 4) is 0 Å². The van der Waals surface area contributed by atoms with Crippen LogP contribution in [0.4, 0.5) is 0 Å². The average Bonchev–Trinajstić information content (AvgIpc) is 2.06. The first-order valence-corrected chi connectivity index (χ1v) is 4.18. The van der Waals surface area contributed by atoms with Gasteiger partial charge in [-0.15, -0.1) is 0 Å². The molecule has 0 N–H and O–H groups in total. The van der Waals surface area contributed by atoms with E-state index in [-0.39, 0.29) is 131 Å². The Hall–Kier alpha value is 3.64. The van der Waals surface area contributed by atoms with Crippen molar-refractivity contribution in [3.05, 3.63) is 41.8 Å². The molecule has 1 aromatic carbocycles. The summed E-state index contributed by atoms with van der Waals surface area (Å²) in [5.41, 5.74) is 1.42. The normalized spacial score (nSPS) is 7.67. The standard InChI is InChI=1S/C11H15.4Y/c1-3-10(2)9-11-7-5-4-6-8-11;;;;/h4-8H,3,9H2,1-2H3;;;;/q-1;;;;. The average molecular weight is 503 g/mol. The van der Waals surface area contributed by atoms with Gasteiger partial charge in [0.05, 0.1) is 0 Å². The van der Waals surface area contributed by atoms with Crippen molar-refractivity contribution in [1.29, 1.82) is 0 Å². The van der Waals surface area contributed by atoms with Gasteiger partial charge in [-0.3, -0.25) is 0 Å². The van der Waals surface area contributed by atoms with Crippen LogP contribution in [0.25, 0.3) is 0 Å². The number of hydrogen-bond donors (Lipinski definition) is 0. The van der Waals surface area contributed by atoms with Gasteiger partial charge >= 0.3 is 0 Å². The van der Waals surface area contributed by atoms with E-state index in [1.807, 2.05) is 0 Å². The Morgan fingerprint density at radius 3 is 1.80 bits per heavy atom. The topological polar surface area (TPSA) is 0 Å². The van der Waals surface area contributed by atoms with E-state index in [0.29, 0.717) is 0 Å². The van der Waals surface area contributed by atoms with E-state index in [1.54, 1.807) is 5.92 Å². The molecule has 4 radical (unpaired) electrons. The summed E-state index contributed by atoms with van der Waals surface area (Å²) >= 11 is 0. The smallest absolute Gasteiger partial charge is 0 e. The van der Waals surface area contributed by atoms with E-state index in [4.69, 9.17) is 0 Å². The molecular weight excluding hydrogens is 488 g/mol. The van der Waals surface area contributed by atoms with Gasteiger partial charge in [0.25, 0.3) is 0 Å². The van der Waals surface area contributed by atoms with Crippen LogP contribution in [0.2, 0.25) is 0 Å². The number of hydrogen-bond acceptors (Lipinski definition) is 0. The van der Waals surface area contributed by atoms with Crippen molar-refractivity contribution in [2.45, 2.75) is 26.7 Å². The molecule has 0 aromatic heterocycles. The molecule has 0 heterocycles. The molecule has 0 saturated heterocycles. The summed E-state index contributed by atoms with van der Waals surface area (Å²) < 4.78 is 0. The van der Waals surface area contributed by atoms with Crippen LogP contribution in [0.1, 0.15) is 25.8 Å². The second kappa shape index (κ2) is 17.6. The van der Waals surface area contributed by atoms with Gasteiger partial charge in [0.1, 0.15) is 0 Å².